The van der Waals surface area contributed by atoms with Gasteiger partial charge in [-0.3, -0.25) is 9.48 Å². The van der Waals surface area contributed by atoms with Crippen LogP contribution in [0.1, 0.15) is 43.1 Å². The summed E-state index contributed by atoms with van der Waals surface area (Å²) in [6, 6.07) is 7.35. The van der Waals surface area contributed by atoms with Crippen LogP contribution in [0.4, 0.5) is 0 Å². The monoisotopic (exact) mass is 452 g/mol. The van der Waals surface area contributed by atoms with Gasteiger partial charge in [0.1, 0.15) is 4.90 Å². The van der Waals surface area contributed by atoms with E-state index in [1.807, 2.05) is 18.2 Å². The molecule has 1 N–H and O–H groups in total. The van der Waals surface area contributed by atoms with E-state index in [1.54, 1.807) is 28.9 Å². The summed E-state index contributed by atoms with van der Waals surface area (Å²) < 4.78 is 29.5. The van der Waals surface area contributed by atoms with E-state index in [0.717, 1.165) is 18.4 Å². The molecule has 2 heterocycles. The predicted octanol–water partition coefficient (Wildman–Crippen LogP) is 3.28. The molecule has 0 bridgehead atoms. The van der Waals surface area contributed by atoms with Gasteiger partial charge in [-0.1, -0.05) is 36.7 Å². The van der Waals surface area contributed by atoms with Crippen LogP contribution >= 0.6 is 11.6 Å². The highest BCUT2D eigenvalue weighted by Crippen LogP contribution is 2.27. The fraction of sp³-hybridized carbons (Fsp3) is 0.524. The van der Waals surface area contributed by atoms with Crippen LogP contribution < -0.4 is 5.32 Å². The Balaban J connectivity index is 1.64. The van der Waals surface area contributed by atoms with Crippen LogP contribution in [0.25, 0.3) is 0 Å². The van der Waals surface area contributed by atoms with E-state index in [0.29, 0.717) is 48.5 Å². The quantitative estimate of drug-likeness (QED) is 0.698. The fourth-order valence-electron chi connectivity index (χ4n) is 3.76. The van der Waals surface area contributed by atoms with E-state index >= 15 is 0 Å². The van der Waals surface area contributed by atoms with Crippen molar-refractivity contribution in [2.75, 3.05) is 13.1 Å². The van der Waals surface area contributed by atoms with E-state index in [2.05, 4.69) is 17.3 Å². The number of halogens is 1. The number of nitrogens with zero attached hydrogens (tertiary/aromatic N) is 3. The Bertz CT molecular complexity index is 1010. The van der Waals surface area contributed by atoms with Gasteiger partial charge in [-0.25, -0.2) is 8.42 Å². The van der Waals surface area contributed by atoms with Crippen molar-refractivity contribution >= 4 is 27.5 Å². The number of nitrogens with one attached hydrogen (secondary N) is 1. The van der Waals surface area contributed by atoms with Gasteiger partial charge in [0.25, 0.3) is 0 Å². The van der Waals surface area contributed by atoms with E-state index < -0.39 is 10.0 Å². The van der Waals surface area contributed by atoms with Crippen molar-refractivity contribution in [1.82, 2.24) is 19.4 Å². The Morgan fingerprint density at radius 2 is 1.90 bits per heavy atom. The van der Waals surface area contributed by atoms with Gasteiger partial charge in [0.2, 0.25) is 15.9 Å². The minimum Gasteiger partial charge on any atom is -0.352 e. The summed E-state index contributed by atoms with van der Waals surface area (Å²) in [7, 11) is -3.58. The first-order chi connectivity index (χ1) is 14.2. The van der Waals surface area contributed by atoms with Gasteiger partial charge in [-0.2, -0.15) is 9.40 Å². The number of rotatable bonds is 7. The van der Waals surface area contributed by atoms with Crippen molar-refractivity contribution in [3.05, 3.63) is 46.2 Å². The molecule has 164 valence electrons. The largest absolute Gasteiger partial charge is 0.352 e. The number of hydrogen-bond acceptors (Lipinski definition) is 4. The number of carbonyl (C=O) groups is 1. The maximum absolute atomic E-state index is 13.2. The summed E-state index contributed by atoms with van der Waals surface area (Å²) >= 11 is 6.11. The highest BCUT2D eigenvalue weighted by Gasteiger charge is 2.32. The molecule has 0 atom stereocenters. The number of sulfonamides is 1. The molecule has 1 fully saturated rings. The summed E-state index contributed by atoms with van der Waals surface area (Å²) in [6.07, 6.45) is 1.95. The Morgan fingerprint density at radius 1 is 1.23 bits per heavy atom. The molecule has 0 unspecified atom stereocenters. The second-order valence-electron chi connectivity index (χ2n) is 7.93. The molecular weight excluding hydrogens is 424 g/mol. The molecule has 9 heteroatoms. The number of aryl methyl sites for hydroxylation is 2. The molecular formula is C21H29ClN4O3S. The van der Waals surface area contributed by atoms with Crippen LogP contribution in [0.15, 0.2) is 29.2 Å². The zero-order valence-electron chi connectivity index (χ0n) is 17.7. The molecule has 1 aliphatic rings. The zero-order valence-corrected chi connectivity index (χ0v) is 19.3. The lowest BCUT2D eigenvalue weighted by Crippen LogP contribution is -2.38. The lowest BCUT2D eigenvalue weighted by atomic mass is 10.0. The Hall–Kier alpha value is -1.90. The predicted molar refractivity (Wildman–Crippen MR) is 117 cm³/mol. The number of benzene rings is 1. The second kappa shape index (κ2) is 9.49. The molecule has 1 saturated heterocycles. The smallest absolute Gasteiger partial charge is 0.246 e. The first kappa shape index (κ1) is 22.8. The van der Waals surface area contributed by atoms with Gasteiger partial charge in [-0.05, 0) is 44.2 Å². The van der Waals surface area contributed by atoms with Crippen molar-refractivity contribution < 1.29 is 13.2 Å². The number of amides is 1. The summed E-state index contributed by atoms with van der Waals surface area (Å²) in [6.45, 7) is 7.35. The molecule has 3 rings (SSSR count). The van der Waals surface area contributed by atoms with E-state index in [-0.39, 0.29) is 17.2 Å². The van der Waals surface area contributed by atoms with Crippen LogP contribution in [0.5, 0.6) is 0 Å². The molecule has 0 spiro atoms. The normalized spacial score (nSPS) is 16.0. The van der Waals surface area contributed by atoms with Gasteiger partial charge in [0, 0.05) is 31.1 Å². The third kappa shape index (κ3) is 5.04. The SMILES string of the molecule is Cc1nn(CCC(=O)NCc2ccccc2Cl)c(C)c1S(=O)(=O)N1CCC(C)CC1. The first-order valence-corrected chi connectivity index (χ1v) is 12.1. The number of aromatic nitrogens is 2. The molecule has 1 aromatic carbocycles. The van der Waals surface area contributed by atoms with Gasteiger partial charge < -0.3 is 5.32 Å². The first-order valence-electron chi connectivity index (χ1n) is 10.2. The minimum absolute atomic E-state index is 0.142. The summed E-state index contributed by atoms with van der Waals surface area (Å²) in [5.74, 6) is 0.405. The van der Waals surface area contributed by atoms with E-state index in [4.69, 9.17) is 11.6 Å². The van der Waals surface area contributed by atoms with Crippen LogP contribution in [0.3, 0.4) is 0 Å². The number of hydrogen-bond donors (Lipinski definition) is 1. The third-order valence-electron chi connectivity index (χ3n) is 5.64. The highest BCUT2D eigenvalue weighted by atomic mass is 35.5. The lowest BCUT2D eigenvalue weighted by molar-refractivity contribution is -0.121. The maximum atomic E-state index is 13.2. The Kier molecular flexibility index (Phi) is 7.21. The fourth-order valence-corrected chi connectivity index (χ4v) is 5.80. The van der Waals surface area contributed by atoms with E-state index in [1.165, 1.54) is 0 Å². The van der Waals surface area contributed by atoms with Crippen molar-refractivity contribution in [2.45, 2.75) is 58.0 Å². The highest BCUT2D eigenvalue weighted by molar-refractivity contribution is 7.89. The maximum Gasteiger partial charge on any atom is 0.246 e. The standard InChI is InChI=1S/C21H29ClN4O3S/c1-15-8-11-25(12-9-15)30(28,29)21-16(2)24-26(17(21)3)13-10-20(27)23-14-18-6-4-5-7-19(18)22/h4-7,15H,8-14H2,1-3H3,(H,23,27). The summed E-state index contributed by atoms with van der Waals surface area (Å²) in [4.78, 5) is 12.5. The molecule has 30 heavy (non-hydrogen) atoms. The molecule has 0 radical (unpaired) electrons. The molecule has 0 saturated carbocycles. The van der Waals surface area contributed by atoms with Gasteiger partial charge >= 0.3 is 0 Å². The zero-order chi connectivity index (χ0) is 21.9. The Labute approximate surface area is 183 Å². The average Bonchev–Trinajstić information content (AvgIpc) is 3.00. The molecule has 7 nitrogen and oxygen atoms in total. The van der Waals surface area contributed by atoms with Crippen LogP contribution in [0, 0.1) is 19.8 Å². The minimum atomic E-state index is -3.58. The summed E-state index contributed by atoms with van der Waals surface area (Å²) in [5.41, 5.74) is 1.90. The molecule has 2 aromatic rings. The molecule has 1 aliphatic heterocycles. The van der Waals surface area contributed by atoms with Crippen molar-refractivity contribution in [1.29, 1.82) is 0 Å². The molecule has 1 aromatic heterocycles. The summed E-state index contributed by atoms with van der Waals surface area (Å²) in [5, 5.41) is 7.86. The van der Waals surface area contributed by atoms with Crippen LogP contribution in [0.2, 0.25) is 5.02 Å². The van der Waals surface area contributed by atoms with Gasteiger partial charge in [0.05, 0.1) is 17.9 Å². The van der Waals surface area contributed by atoms with Gasteiger partial charge in [0.15, 0.2) is 0 Å². The van der Waals surface area contributed by atoms with E-state index in [9.17, 15) is 13.2 Å². The van der Waals surface area contributed by atoms with Crippen molar-refractivity contribution in [2.24, 2.45) is 5.92 Å². The van der Waals surface area contributed by atoms with Crippen LogP contribution in [-0.2, 0) is 27.9 Å². The van der Waals surface area contributed by atoms with Gasteiger partial charge in [-0.15, -0.1) is 0 Å². The van der Waals surface area contributed by atoms with Crippen molar-refractivity contribution in [3.63, 3.8) is 0 Å². The topological polar surface area (TPSA) is 84.3 Å². The number of carbonyl (C=O) groups excluding carboxylic acids is 1. The second-order valence-corrected chi connectivity index (χ2v) is 10.2. The molecule has 0 aliphatic carbocycles. The van der Waals surface area contributed by atoms with Crippen molar-refractivity contribution in [3.8, 4) is 0 Å². The van der Waals surface area contributed by atoms with Crippen LogP contribution in [-0.4, -0.2) is 41.5 Å². The Morgan fingerprint density at radius 3 is 2.57 bits per heavy atom. The molecule has 1 amide bonds. The average molecular weight is 453 g/mol. The third-order valence-corrected chi connectivity index (χ3v) is 8.16. The lowest BCUT2D eigenvalue weighted by Gasteiger charge is -2.29. The number of piperidine rings is 1.